The minimum atomic E-state index is 0.0699. The second-order valence-corrected chi connectivity index (χ2v) is 5.91. The second kappa shape index (κ2) is 5.73. The van der Waals surface area contributed by atoms with Crippen LogP contribution in [-0.2, 0) is 11.2 Å². The largest absolute Gasteiger partial charge is 0.491 e. The van der Waals surface area contributed by atoms with Gasteiger partial charge >= 0.3 is 0 Å². The zero-order valence-electron chi connectivity index (χ0n) is 11.8. The van der Waals surface area contributed by atoms with Gasteiger partial charge in [-0.1, -0.05) is 19.3 Å². The van der Waals surface area contributed by atoms with E-state index in [-0.39, 0.29) is 5.91 Å². The van der Waals surface area contributed by atoms with Crippen molar-refractivity contribution in [1.82, 2.24) is 0 Å². The van der Waals surface area contributed by atoms with Crippen molar-refractivity contribution >= 4 is 17.3 Å². The van der Waals surface area contributed by atoms with Gasteiger partial charge in [-0.25, -0.2) is 0 Å². The van der Waals surface area contributed by atoms with E-state index in [2.05, 4.69) is 5.32 Å². The monoisotopic (exact) mass is 274 g/mol. The Balaban J connectivity index is 1.69. The van der Waals surface area contributed by atoms with Crippen LogP contribution < -0.4 is 15.8 Å². The van der Waals surface area contributed by atoms with Crippen LogP contribution in [-0.4, -0.2) is 12.5 Å². The first kappa shape index (κ1) is 13.3. The topological polar surface area (TPSA) is 64.3 Å². The van der Waals surface area contributed by atoms with Gasteiger partial charge in [-0.05, 0) is 36.8 Å². The number of benzene rings is 1. The molecule has 1 aliphatic heterocycles. The SMILES string of the molecule is Nc1cc2c(cc1OCC1CCCCC1)NC(=O)CC2. The van der Waals surface area contributed by atoms with Crippen molar-refractivity contribution < 1.29 is 9.53 Å². The van der Waals surface area contributed by atoms with E-state index in [1.54, 1.807) is 0 Å². The fourth-order valence-corrected chi connectivity index (χ4v) is 3.11. The molecule has 0 saturated heterocycles. The van der Waals surface area contributed by atoms with Crippen molar-refractivity contribution in [3.63, 3.8) is 0 Å². The summed E-state index contributed by atoms with van der Waals surface area (Å²) in [4.78, 5) is 11.4. The Bertz CT molecular complexity index is 507. The van der Waals surface area contributed by atoms with E-state index in [9.17, 15) is 4.79 Å². The molecule has 1 aliphatic carbocycles. The molecule has 1 saturated carbocycles. The number of aryl methyl sites for hydroxylation is 1. The predicted octanol–water partition coefficient (Wildman–Crippen LogP) is 3.11. The van der Waals surface area contributed by atoms with E-state index in [4.69, 9.17) is 10.5 Å². The number of rotatable bonds is 3. The Labute approximate surface area is 119 Å². The van der Waals surface area contributed by atoms with Gasteiger partial charge in [0.15, 0.2) is 0 Å². The van der Waals surface area contributed by atoms with Gasteiger partial charge in [-0.3, -0.25) is 4.79 Å². The molecule has 1 amide bonds. The van der Waals surface area contributed by atoms with E-state index >= 15 is 0 Å². The molecule has 0 bridgehead atoms. The number of carbonyl (C=O) groups is 1. The van der Waals surface area contributed by atoms with Gasteiger partial charge in [0.05, 0.1) is 12.3 Å². The summed E-state index contributed by atoms with van der Waals surface area (Å²) in [5, 5.41) is 2.89. The maximum atomic E-state index is 11.4. The summed E-state index contributed by atoms with van der Waals surface area (Å²) in [7, 11) is 0. The third-order valence-electron chi connectivity index (χ3n) is 4.33. The number of ether oxygens (including phenoxy) is 1. The lowest BCUT2D eigenvalue weighted by atomic mass is 9.90. The van der Waals surface area contributed by atoms with Crippen molar-refractivity contribution in [1.29, 1.82) is 0 Å². The predicted molar refractivity (Wildman–Crippen MR) is 79.9 cm³/mol. The smallest absolute Gasteiger partial charge is 0.224 e. The summed E-state index contributed by atoms with van der Waals surface area (Å²) >= 11 is 0. The van der Waals surface area contributed by atoms with Crippen LogP contribution in [0.5, 0.6) is 5.75 Å². The molecule has 2 aliphatic rings. The lowest BCUT2D eigenvalue weighted by molar-refractivity contribution is -0.116. The minimum Gasteiger partial charge on any atom is -0.491 e. The molecule has 0 spiro atoms. The van der Waals surface area contributed by atoms with Gasteiger partial charge in [-0.15, -0.1) is 0 Å². The average molecular weight is 274 g/mol. The highest BCUT2D eigenvalue weighted by Gasteiger charge is 2.19. The van der Waals surface area contributed by atoms with E-state index in [0.717, 1.165) is 24.3 Å². The first-order chi connectivity index (χ1) is 9.72. The first-order valence-electron chi connectivity index (χ1n) is 7.57. The summed E-state index contributed by atoms with van der Waals surface area (Å²) in [5.74, 6) is 1.42. The number of anilines is 2. The molecular formula is C16H22N2O2. The molecule has 4 nitrogen and oxygen atoms in total. The fourth-order valence-electron chi connectivity index (χ4n) is 3.11. The number of nitrogen functional groups attached to an aromatic ring is 1. The van der Waals surface area contributed by atoms with Crippen LogP contribution in [0.25, 0.3) is 0 Å². The molecule has 20 heavy (non-hydrogen) atoms. The summed E-state index contributed by atoms with van der Waals surface area (Å²) in [6, 6.07) is 3.82. The highest BCUT2D eigenvalue weighted by Crippen LogP contribution is 2.33. The summed E-state index contributed by atoms with van der Waals surface area (Å²) < 4.78 is 5.90. The molecule has 1 heterocycles. The highest BCUT2D eigenvalue weighted by molar-refractivity contribution is 5.94. The second-order valence-electron chi connectivity index (χ2n) is 5.91. The van der Waals surface area contributed by atoms with Crippen LogP contribution in [0, 0.1) is 5.92 Å². The third kappa shape index (κ3) is 2.89. The zero-order valence-corrected chi connectivity index (χ0v) is 11.8. The van der Waals surface area contributed by atoms with Crippen LogP contribution in [0.4, 0.5) is 11.4 Å². The van der Waals surface area contributed by atoms with E-state index in [1.807, 2.05) is 12.1 Å². The quantitative estimate of drug-likeness (QED) is 0.832. The Morgan fingerprint density at radius 2 is 2.00 bits per heavy atom. The summed E-state index contributed by atoms with van der Waals surface area (Å²) in [5.41, 5.74) is 8.69. The molecule has 108 valence electrons. The van der Waals surface area contributed by atoms with Crippen molar-refractivity contribution in [3.05, 3.63) is 17.7 Å². The molecule has 0 unspecified atom stereocenters. The van der Waals surface area contributed by atoms with Crippen LogP contribution in [0.3, 0.4) is 0 Å². The van der Waals surface area contributed by atoms with Crippen LogP contribution in [0.2, 0.25) is 0 Å². The molecule has 3 N–H and O–H groups in total. The highest BCUT2D eigenvalue weighted by atomic mass is 16.5. The van der Waals surface area contributed by atoms with Crippen molar-refractivity contribution in [2.24, 2.45) is 5.92 Å². The van der Waals surface area contributed by atoms with Crippen LogP contribution in [0.15, 0.2) is 12.1 Å². The van der Waals surface area contributed by atoms with Crippen molar-refractivity contribution in [2.75, 3.05) is 17.7 Å². The molecule has 1 fully saturated rings. The number of nitrogens with one attached hydrogen (secondary N) is 1. The lowest BCUT2D eigenvalue weighted by Crippen LogP contribution is -2.20. The van der Waals surface area contributed by atoms with Gasteiger partial charge in [0.1, 0.15) is 5.75 Å². The minimum absolute atomic E-state index is 0.0699. The Hall–Kier alpha value is -1.71. The van der Waals surface area contributed by atoms with E-state index < -0.39 is 0 Å². The average Bonchev–Trinajstić information content (AvgIpc) is 2.46. The standard InChI is InChI=1S/C16H22N2O2/c17-13-8-12-6-7-16(19)18-14(12)9-15(13)20-10-11-4-2-1-3-5-11/h8-9,11H,1-7,10,17H2,(H,18,19). The van der Waals surface area contributed by atoms with E-state index in [1.165, 1.54) is 32.1 Å². The molecule has 3 rings (SSSR count). The lowest BCUT2D eigenvalue weighted by Gasteiger charge is -2.23. The van der Waals surface area contributed by atoms with Gasteiger partial charge in [0.25, 0.3) is 0 Å². The normalized spacial score (nSPS) is 19.3. The van der Waals surface area contributed by atoms with Crippen molar-refractivity contribution in [2.45, 2.75) is 44.9 Å². The Kier molecular flexibility index (Phi) is 3.81. The van der Waals surface area contributed by atoms with Crippen molar-refractivity contribution in [3.8, 4) is 5.75 Å². The molecule has 4 heteroatoms. The zero-order chi connectivity index (χ0) is 13.9. The maximum absolute atomic E-state index is 11.4. The Morgan fingerprint density at radius 1 is 1.20 bits per heavy atom. The van der Waals surface area contributed by atoms with Crippen LogP contribution in [0.1, 0.15) is 44.1 Å². The summed E-state index contributed by atoms with van der Waals surface area (Å²) in [6.45, 7) is 0.733. The molecule has 1 aromatic carbocycles. The number of carbonyl (C=O) groups excluding carboxylic acids is 1. The van der Waals surface area contributed by atoms with Gasteiger partial charge < -0.3 is 15.8 Å². The number of nitrogens with two attached hydrogens (primary N) is 1. The molecular weight excluding hydrogens is 252 g/mol. The van der Waals surface area contributed by atoms with E-state index in [0.29, 0.717) is 23.8 Å². The molecule has 0 aromatic heterocycles. The van der Waals surface area contributed by atoms with Gasteiger partial charge in [-0.2, -0.15) is 0 Å². The first-order valence-corrected chi connectivity index (χ1v) is 7.57. The maximum Gasteiger partial charge on any atom is 0.224 e. The number of hydrogen-bond acceptors (Lipinski definition) is 3. The molecule has 0 atom stereocenters. The van der Waals surface area contributed by atoms with Crippen LogP contribution >= 0.6 is 0 Å². The fraction of sp³-hybridized carbons (Fsp3) is 0.562. The summed E-state index contributed by atoms with van der Waals surface area (Å²) in [6.07, 6.45) is 7.77. The van der Waals surface area contributed by atoms with Gasteiger partial charge in [0, 0.05) is 18.2 Å². The number of amides is 1. The third-order valence-corrected chi connectivity index (χ3v) is 4.33. The van der Waals surface area contributed by atoms with Gasteiger partial charge in [0.2, 0.25) is 5.91 Å². The molecule has 1 aromatic rings. The molecule has 0 radical (unpaired) electrons. The Morgan fingerprint density at radius 3 is 2.80 bits per heavy atom. The number of hydrogen-bond donors (Lipinski definition) is 2. The number of fused-ring (bicyclic) bond motifs is 1.